The highest BCUT2D eigenvalue weighted by molar-refractivity contribution is 9.10. The van der Waals surface area contributed by atoms with Crippen LogP contribution in [0.2, 0.25) is 0 Å². The van der Waals surface area contributed by atoms with Gasteiger partial charge in [-0.25, -0.2) is 4.98 Å². The summed E-state index contributed by atoms with van der Waals surface area (Å²) in [5.41, 5.74) is 8.16. The molecule has 2 N–H and O–H groups in total. The third kappa shape index (κ3) is 1.83. The van der Waals surface area contributed by atoms with Crippen molar-refractivity contribution in [1.82, 2.24) is 4.98 Å². The standard InChI is InChI=1S/C13H9BrN2S/c14-9-3-1-8(2-4-9)11-7-16-13(15)10-5-6-17-12(10)11/h1-7H,(H2,15,16). The average molecular weight is 305 g/mol. The zero-order valence-electron chi connectivity index (χ0n) is 8.85. The molecule has 3 aromatic rings. The minimum Gasteiger partial charge on any atom is -0.383 e. The number of rotatable bonds is 1. The lowest BCUT2D eigenvalue weighted by atomic mass is 10.1. The molecule has 0 amide bonds. The van der Waals surface area contributed by atoms with Gasteiger partial charge in [-0.15, -0.1) is 11.3 Å². The number of nitrogen functional groups attached to an aromatic ring is 1. The molecule has 1 aromatic carbocycles. The van der Waals surface area contributed by atoms with Crippen LogP contribution in [0.4, 0.5) is 5.82 Å². The Morgan fingerprint density at radius 3 is 2.65 bits per heavy atom. The van der Waals surface area contributed by atoms with Crippen molar-refractivity contribution in [1.29, 1.82) is 0 Å². The second kappa shape index (κ2) is 4.13. The van der Waals surface area contributed by atoms with E-state index in [1.807, 2.05) is 29.8 Å². The molecule has 0 radical (unpaired) electrons. The summed E-state index contributed by atoms with van der Waals surface area (Å²) in [5, 5.41) is 3.08. The van der Waals surface area contributed by atoms with Gasteiger partial charge in [-0.1, -0.05) is 28.1 Å². The number of pyridine rings is 1. The lowest BCUT2D eigenvalue weighted by Gasteiger charge is -2.04. The van der Waals surface area contributed by atoms with Gasteiger partial charge in [0.1, 0.15) is 5.82 Å². The van der Waals surface area contributed by atoms with Gasteiger partial charge in [-0.2, -0.15) is 0 Å². The monoisotopic (exact) mass is 304 g/mol. The summed E-state index contributed by atoms with van der Waals surface area (Å²) in [5.74, 6) is 0.599. The number of anilines is 1. The first-order chi connectivity index (χ1) is 8.25. The molecular formula is C13H9BrN2S. The highest BCUT2D eigenvalue weighted by Gasteiger charge is 2.08. The van der Waals surface area contributed by atoms with Crippen molar-refractivity contribution in [2.75, 3.05) is 5.73 Å². The molecule has 2 heterocycles. The summed E-state index contributed by atoms with van der Waals surface area (Å²) >= 11 is 5.13. The number of nitrogens with two attached hydrogens (primary N) is 1. The van der Waals surface area contributed by atoms with E-state index in [-0.39, 0.29) is 0 Å². The molecule has 0 bridgehead atoms. The molecule has 4 heteroatoms. The predicted octanol–water partition coefficient (Wildman–Crippen LogP) is 4.31. The number of hydrogen-bond acceptors (Lipinski definition) is 3. The van der Waals surface area contributed by atoms with Crippen molar-refractivity contribution >= 4 is 43.2 Å². The van der Waals surface area contributed by atoms with E-state index in [0.29, 0.717) is 5.82 Å². The van der Waals surface area contributed by atoms with Gasteiger partial charge in [-0.3, -0.25) is 0 Å². The van der Waals surface area contributed by atoms with E-state index < -0.39 is 0 Å². The minimum absolute atomic E-state index is 0.599. The van der Waals surface area contributed by atoms with Gasteiger partial charge >= 0.3 is 0 Å². The maximum atomic E-state index is 5.86. The fraction of sp³-hybridized carbons (Fsp3) is 0. The fourth-order valence-electron chi connectivity index (χ4n) is 1.82. The van der Waals surface area contributed by atoms with Gasteiger partial charge in [0, 0.05) is 26.3 Å². The van der Waals surface area contributed by atoms with Crippen LogP contribution in [0.1, 0.15) is 0 Å². The normalized spacial score (nSPS) is 10.9. The van der Waals surface area contributed by atoms with Crippen molar-refractivity contribution in [2.24, 2.45) is 0 Å². The first-order valence-electron chi connectivity index (χ1n) is 5.13. The smallest absolute Gasteiger partial charge is 0.132 e. The molecule has 0 aliphatic rings. The topological polar surface area (TPSA) is 38.9 Å². The van der Waals surface area contributed by atoms with Crippen molar-refractivity contribution < 1.29 is 0 Å². The zero-order chi connectivity index (χ0) is 11.8. The largest absolute Gasteiger partial charge is 0.383 e. The van der Waals surface area contributed by atoms with E-state index in [4.69, 9.17) is 5.73 Å². The molecular weight excluding hydrogens is 296 g/mol. The molecule has 0 unspecified atom stereocenters. The van der Waals surface area contributed by atoms with Crippen LogP contribution in [0, 0.1) is 0 Å². The van der Waals surface area contributed by atoms with Crippen molar-refractivity contribution in [3.05, 3.63) is 46.4 Å². The number of thiophene rings is 1. The Morgan fingerprint density at radius 2 is 1.88 bits per heavy atom. The molecule has 0 saturated carbocycles. The molecule has 84 valence electrons. The molecule has 0 atom stereocenters. The molecule has 0 saturated heterocycles. The van der Waals surface area contributed by atoms with E-state index in [1.165, 1.54) is 4.70 Å². The van der Waals surface area contributed by atoms with Crippen molar-refractivity contribution in [3.63, 3.8) is 0 Å². The number of hydrogen-bond donors (Lipinski definition) is 1. The van der Waals surface area contributed by atoms with E-state index in [1.54, 1.807) is 11.3 Å². The van der Waals surface area contributed by atoms with Gasteiger partial charge < -0.3 is 5.73 Å². The summed E-state index contributed by atoms with van der Waals surface area (Å²) in [6, 6.07) is 10.2. The highest BCUT2D eigenvalue weighted by atomic mass is 79.9. The number of aromatic nitrogens is 1. The molecule has 0 aliphatic carbocycles. The SMILES string of the molecule is Nc1ncc(-c2ccc(Br)cc2)c2sccc12. The number of halogens is 1. The second-order valence-electron chi connectivity index (χ2n) is 3.73. The van der Waals surface area contributed by atoms with Gasteiger partial charge in [-0.05, 0) is 29.1 Å². The molecule has 17 heavy (non-hydrogen) atoms. The molecule has 0 spiro atoms. The summed E-state index contributed by atoms with van der Waals surface area (Å²) in [6.45, 7) is 0. The first kappa shape index (κ1) is 10.7. The van der Waals surface area contributed by atoms with E-state index in [0.717, 1.165) is 21.0 Å². The molecule has 2 nitrogen and oxygen atoms in total. The molecule has 0 aliphatic heterocycles. The van der Waals surface area contributed by atoms with Crippen molar-refractivity contribution in [2.45, 2.75) is 0 Å². The van der Waals surface area contributed by atoms with Crippen LogP contribution in [0.5, 0.6) is 0 Å². The molecule has 0 fully saturated rings. The Bertz CT molecular complexity index is 673. The Hall–Kier alpha value is -1.39. The average Bonchev–Trinajstić information content (AvgIpc) is 2.81. The summed E-state index contributed by atoms with van der Waals surface area (Å²) in [6.07, 6.45) is 1.84. The number of benzene rings is 1. The van der Waals surface area contributed by atoms with Crippen LogP contribution < -0.4 is 5.73 Å². The van der Waals surface area contributed by atoms with Gasteiger partial charge in [0.05, 0.1) is 0 Å². The molecule has 2 aromatic heterocycles. The highest BCUT2D eigenvalue weighted by Crippen LogP contribution is 2.34. The van der Waals surface area contributed by atoms with Gasteiger partial charge in [0.15, 0.2) is 0 Å². The van der Waals surface area contributed by atoms with Crippen LogP contribution >= 0.6 is 27.3 Å². The van der Waals surface area contributed by atoms with Gasteiger partial charge in [0.25, 0.3) is 0 Å². The Labute approximate surface area is 111 Å². The summed E-state index contributed by atoms with van der Waals surface area (Å²) in [7, 11) is 0. The third-order valence-electron chi connectivity index (χ3n) is 2.67. The first-order valence-corrected chi connectivity index (χ1v) is 6.80. The lowest BCUT2D eigenvalue weighted by molar-refractivity contribution is 1.37. The predicted molar refractivity (Wildman–Crippen MR) is 77.2 cm³/mol. The van der Waals surface area contributed by atoms with E-state index in [2.05, 4.69) is 33.0 Å². The number of nitrogens with zero attached hydrogens (tertiary/aromatic N) is 1. The Morgan fingerprint density at radius 1 is 1.12 bits per heavy atom. The van der Waals surface area contributed by atoms with Crippen molar-refractivity contribution in [3.8, 4) is 11.1 Å². The van der Waals surface area contributed by atoms with Crippen LogP contribution in [0.15, 0.2) is 46.4 Å². The Kier molecular flexibility index (Phi) is 2.61. The van der Waals surface area contributed by atoms with E-state index >= 15 is 0 Å². The van der Waals surface area contributed by atoms with E-state index in [9.17, 15) is 0 Å². The van der Waals surface area contributed by atoms with Gasteiger partial charge in [0.2, 0.25) is 0 Å². The van der Waals surface area contributed by atoms with Crippen LogP contribution in [0.25, 0.3) is 21.2 Å². The second-order valence-corrected chi connectivity index (χ2v) is 5.56. The zero-order valence-corrected chi connectivity index (χ0v) is 11.3. The maximum Gasteiger partial charge on any atom is 0.132 e. The fourth-order valence-corrected chi connectivity index (χ4v) is 3.02. The number of fused-ring (bicyclic) bond motifs is 1. The van der Waals surface area contributed by atoms with Crippen LogP contribution in [-0.2, 0) is 0 Å². The quantitative estimate of drug-likeness (QED) is 0.727. The molecule has 3 rings (SSSR count). The Balaban J connectivity index is 2.27. The maximum absolute atomic E-state index is 5.86. The minimum atomic E-state index is 0.599. The summed E-state index contributed by atoms with van der Waals surface area (Å²) < 4.78 is 2.27. The third-order valence-corrected chi connectivity index (χ3v) is 4.15. The summed E-state index contributed by atoms with van der Waals surface area (Å²) in [4.78, 5) is 4.25. The van der Waals surface area contributed by atoms with Crippen LogP contribution in [0.3, 0.4) is 0 Å². The lowest BCUT2D eigenvalue weighted by Crippen LogP contribution is -1.90. The van der Waals surface area contributed by atoms with Crippen LogP contribution in [-0.4, -0.2) is 4.98 Å².